The van der Waals surface area contributed by atoms with Crippen LogP contribution in [0.1, 0.15) is 31.9 Å². The van der Waals surface area contributed by atoms with Gasteiger partial charge >= 0.3 is 0 Å². The van der Waals surface area contributed by atoms with Gasteiger partial charge in [-0.1, -0.05) is 12.1 Å². The lowest BCUT2D eigenvalue weighted by atomic mass is 10.0. The molecular formula is C24H28F2N6O2S. The summed E-state index contributed by atoms with van der Waals surface area (Å²) in [4.78, 5) is 25.4. The van der Waals surface area contributed by atoms with E-state index in [4.69, 9.17) is 0 Å². The van der Waals surface area contributed by atoms with Crippen molar-refractivity contribution in [3.63, 3.8) is 0 Å². The molecule has 8 nitrogen and oxygen atoms in total. The first-order valence-corrected chi connectivity index (χ1v) is 12.5. The number of hydrogen-bond acceptors (Lipinski definition) is 7. The molecule has 0 saturated carbocycles. The predicted octanol–water partition coefficient (Wildman–Crippen LogP) is 3.54. The number of nitrogens with one attached hydrogen (secondary N) is 1. The molecular weight excluding hydrogens is 474 g/mol. The first kappa shape index (κ1) is 25.1. The number of benzene rings is 1. The number of likely N-dealkylation sites (N-methyl/N-ethyl adjacent to an activating group) is 2. The van der Waals surface area contributed by atoms with Gasteiger partial charge in [-0.3, -0.25) is 4.79 Å². The normalized spacial score (nSPS) is 20.7. The molecule has 2 heterocycles. The highest BCUT2D eigenvalue weighted by Gasteiger charge is 2.40. The van der Waals surface area contributed by atoms with Gasteiger partial charge in [0.25, 0.3) is 5.91 Å². The van der Waals surface area contributed by atoms with Crippen molar-refractivity contribution in [1.29, 1.82) is 0 Å². The monoisotopic (exact) mass is 502 g/mol. The Balaban J connectivity index is 1.55. The zero-order chi connectivity index (χ0) is 25.3. The summed E-state index contributed by atoms with van der Waals surface area (Å²) in [5, 5.41) is 3.23. The van der Waals surface area contributed by atoms with E-state index in [0.717, 1.165) is 17.0 Å². The van der Waals surface area contributed by atoms with Gasteiger partial charge in [0.05, 0.1) is 29.2 Å². The second kappa shape index (κ2) is 10.3. The first-order chi connectivity index (χ1) is 16.8. The molecule has 1 amide bonds. The van der Waals surface area contributed by atoms with Crippen LogP contribution in [0.3, 0.4) is 0 Å². The van der Waals surface area contributed by atoms with E-state index in [0.29, 0.717) is 37.0 Å². The van der Waals surface area contributed by atoms with Gasteiger partial charge in [-0.25, -0.2) is 13.8 Å². The summed E-state index contributed by atoms with van der Waals surface area (Å²) in [7, 11) is 3.11. The van der Waals surface area contributed by atoms with Gasteiger partial charge in [0, 0.05) is 27.2 Å². The SMILES string of the molecule is CCN(CC)[S+]([O-])C1=CCC(Nc2ncc3c(n2)N(C)C(c2c(F)cccc2F)C(=O)N3C)C=C1. The lowest BCUT2D eigenvalue weighted by Gasteiger charge is -2.38. The van der Waals surface area contributed by atoms with Crippen LogP contribution in [0.4, 0.5) is 26.2 Å². The van der Waals surface area contributed by atoms with Crippen LogP contribution in [0.25, 0.3) is 0 Å². The molecule has 11 heteroatoms. The topological polar surface area (TPSA) is 87.7 Å². The van der Waals surface area contributed by atoms with Crippen LogP contribution in [0.2, 0.25) is 0 Å². The minimum Gasteiger partial charge on any atom is -0.593 e. The Bertz CT molecular complexity index is 1150. The highest BCUT2D eigenvalue weighted by Crippen LogP contribution is 2.40. The Morgan fingerprint density at radius 3 is 2.51 bits per heavy atom. The van der Waals surface area contributed by atoms with Gasteiger partial charge < -0.3 is 19.7 Å². The maximum atomic E-state index is 14.5. The van der Waals surface area contributed by atoms with E-state index in [1.165, 1.54) is 29.1 Å². The molecule has 2 aromatic rings. The van der Waals surface area contributed by atoms with Gasteiger partial charge in [-0.05, 0) is 44.6 Å². The largest absolute Gasteiger partial charge is 0.593 e. The van der Waals surface area contributed by atoms with Crippen LogP contribution >= 0.6 is 0 Å². The molecule has 2 aliphatic rings. The van der Waals surface area contributed by atoms with Crippen LogP contribution in [-0.2, 0) is 16.2 Å². The van der Waals surface area contributed by atoms with Crippen molar-refractivity contribution >= 4 is 34.7 Å². The molecule has 186 valence electrons. The first-order valence-electron chi connectivity index (χ1n) is 11.4. The molecule has 0 fully saturated rings. The van der Waals surface area contributed by atoms with Crippen LogP contribution in [-0.4, -0.2) is 58.0 Å². The molecule has 35 heavy (non-hydrogen) atoms. The molecule has 3 unspecified atom stereocenters. The Kier molecular flexibility index (Phi) is 7.39. The Morgan fingerprint density at radius 2 is 1.91 bits per heavy atom. The molecule has 1 aromatic carbocycles. The smallest absolute Gasteiger partial charge is 0.254 e. The number of aromatic nitrogens is 2. The Labute approximate surface area is 206 Å². The highest BCUT2D eigenvalue weighted by molar-refractivity contribution is 7.93. The second-order valence-corrected chi connectivity index (χ2v) is 9.75. The Morgan fingerprint density at radius 1 is 1.23 bits per heavy atom. The van der Waals surface area contributed by atoms with E-state index in [9.17, 15) is 18.1 Å². The molecule has 0 bridgehead atoms. The average Bonchev–Trinajstić information content (AvgIpc) is 2.85. The predicted molar refractivity (Wildman–Crippen MR) is 133 cm³/mol. The van der Waals surface area contributed by atoms with Gasteiger partial charge in [0.15, 0.2) is 10.7 Å². The number of hydrogen-bond donors (Lipinski definition) is 1. The van der Waals surface area contributed by atoms with Crippen molar-refractivity contribution < 1.29 is 18.1 Å². The van der Waals surface area contributed by atoms with E-state index in [-0.39, 0.29) is 11.6 Å². The summed E-state index contributed by atoms with van der Waals surface area (Å²) < 4.78 is 43.6. The van der Waals surface area contributed by atoms with Crippen molar-refractivity contribution in [2.75, 3.05) is 42.3 Å². The molecule has 0 spiro atoms. The molecule has 3 atom stereocenters. The van der Waals surface area contributed by atoms with E-state index >= 15 is 0 Å². The van der Waals surface area contributed by atoms with E-state index < -0.39 is 34.9 Å². The quantitative estimate of drug-likeness (QED) is 0.580. The third-order valence-electron chi connectivity index (χ3n) is 6.19. The zero-order valence-electron chi connectivity index (χ0n) is 20.0. The van der Waals surface area contributed by atoms with Gasteiger partial charge in [0.1, 0.15) is 23.4 Å². The number of nitrogens with zero attached hydrogens (tertiary/aromatic N) is 5. The van der Waals surface area contributed by atoms with Crippen molar-refractivity contribution in [3.05, 3.63) is 64.7 Å². The third kappa shape index (κ3) is 4.75. The fourth-order valence-corrected chi connectivity index (χ4v) is 5.42. The standard InChI is InChI=1S/C24H28F2N6O2S/c1-5-32(6-2)35(34)16-12-10-15(11-13-16)28-24-27-14-19-22(29-24)31(4)21(23(33)30(19)3)20-17(25)8-7-9-18(20)26/h7-10,12-15,21H,5-6,11H2,1-4H3,(H,27,28,29). The molecule has 1 aliphatic carbocycles. The van der Waals surface area contributed by atoms with E-state index in [1.807, 2.05) is 36.4 Å². The number of rotatable bonds is 7. The van der Waals surface area contributed by atoms with Crippen molar-refractivity contribution in [1.82, 2.24) is 14.3 Å². The van der Waals surface area contributed by atoms with Crippen LogP contribution < -0.4 is 15.1 Å². The number of fused-ring (bicyclic) bond motifs is 1. The number of halogens is 2. The van der Waals surface area contributed by atoms with Gasteiger partial charge in [-0.2, -0.15) is 4.98 Å². The van der Waals surface area contributed by atoms with Crippen molar-refractivity contribution in [2.45, 2.75) is 32.4 Å². The fourth-order valence-electron chi connectivity index (χ4n) is 4.22. The van der Waals surface area contributed by atoms with E-state index in [2.05, 4.69) is 15.3 Å². The Hall–Kier alpha value is -3.02. The second-order valence-electron chi connectivity index (χ2n) is 8.26. The van der Waals surface area contributed by atoms with Crippen LogP contribution in [0.15, 0.2) is 47.5 Å². The lowest BCUT2D eigenvalue weighted by Crippen LogP contribution is -2.46. The third-order valence-corrected chi connectivity index (χ3v) is 7.88. The van der Waals surface area contributed by atoms with E-state index in [1.54, 1.807) is 7.05 Å². The number of amides is 1. The molecule has 4 rings (SSSR count). The maximum Gasteiger partial charge on any atom is 0.254 e. The van der Waals surface area contributed by atoms with Gasteiger partial charge in [-0.15, -0.1) is 4.31 Å². The summed E-state index contributed by atoms with van der Waals surface area (Å²) in [5.41, 5.74) is 0.117. The number of allylic oxidation sites excluding steroid dienone is 1. The highest BCUT2D eigenvalue weighted by atomic mass is 32.2. The van der Waals surface area contributed by atoms with Crippen molar-refractivity contribution in [3.8, 4) is 0 Å². The number of carbonyl (C=O) groups excluding carboxylic acids is 1. The summed E-state index contributed by atoms with van der Waals surface area (Å²) >= 11 is -1.20. The maximum absolute atomic E-state index is 14.5. The molecule has 1 aromatic heterocycles. The minimum atomic E-state index is -1.20. The molecule has 0 saturated heterocycles. The van der Waals surface area contributed by atoms with Crippen LogP contribution in [0.5, 0.6) is 0 Å². The minimum absolute atomic E-state index is 0.126. The average molecular weight is 503 g/mol. The molecule has 0 radical (unpaired) electrons. The van der Waals surface area contributed by atoms with Gasteiger partial charge in [0.2, 0.25) is 5.95 Å². The molecule has 1 N–H and O–H groups in total. The summed E-state index contributed by atoms with van der Waals surface area (Å²) in [6, 6.07) is 2.20. The fraction of sp³-hybridized carbons (Fsp3) is 0.375. The summed E-state index contributed by atoms with van der Waals surface area (Å²) in [5.74, 6) is -1.39. The molecule has 1 aliphatic heterocycles. The number of anilines is 3. The number of carbonyl (C=O) groups is 1. The summed E-state index contributed by atoms with van der Waals surface area (Å²) in [6.45, 7) is 5.33. The van der Waals surface area contributed by atoms with Crippen molar-refractivity contribution in [2.24, 2.45) is 0 Å². The summed E-state index contributed by atoms with van der Waals surface area (Å²) in [6.07, 6.45) is 7.78. The van der Waals surface area contributed by atoms with Crippen LogP contribution in [0, 0.1) is 11.6 Å². The zero-order valence-corrected chi connectivity index (χ0v) is 20.9. The lowest BCUT2D eigenvalue weighted by molar-refractivity contribution is -0.120.